The number of aliphatic hydroxyl groups excluding tert-OH is 1. The van der Waals surface area contributed by atoms with Crippen LogP contribution < -0.4 is 5.84 Å². The first-order valence-electron chi connectivity index (χ1n) is 10.4. The van der Waals surface area contributed by atoms with E-state index < -0.39 is 52.6 Å². The predicted molar refractivity (Wildman–Crippen MR) is 128 cm³/mol. The lowest BCUT2D eigenvalue weighted by molar-refractivity contribution is -0.150. The Morgan fingerprint density at radius 3 is 2.74 bits per heavy atom. The molecule has 4 unspecified atom stereocenters. The Balaban J connectivity index is 1.64. The number of fused-ring (bicyclic) bond motifs is 1. The van der Waals surface area contributed by atoms with Gasteiger partial charge in [0.15, 0.2) is 0 Å². The number of hydrogen-bond donors (Lipinski definition) is 2. The molecule has 1 aromatic carbocycles. The first-order valence-corrected chi connectivity index (χ1v) is 11.6. The zero-order valence-corrected chi connectivity index (χ0v) is 19.9. The molecule has 0 bridgehead atoms. The molecule has 2 aliphatic heterocycles. The van der Waals surface area contributed by atoms with Crippen molar-refractivity contribution in [3.05, 3.63) is 58.4 Å². The fourth-order valence-electron chi connectivity index (χ4n) is 3.91. The van der Waals surface area contributed by atoms with Gasteiger partial charge in [0.25, 0.3) is 0 Å². The summed E-state index contributed by atoms with van der Waals surface area (Å²) in [5.74, 6) is 6.09. The summed E-state index contributed by atoms with van der Waals surface area (Å²) in [5, 5.41) is 13.4. The summed E-state index contributed by atoms with van der Waals surface area (Å²) in [6.07, 6.45) is 7.09. The minimum atomic E-state index is -0.960. The van der Waals surface area contributed by atoms with Crippen LogP contribution in [0.3, 0.4) is 0 Å². The van der Waals surface area contributed by atoms with Crippen molar-refractivity contribution in [1.82, 2.24) is 4.98 Å². The lowest BCUT2D eigenvalue weighted by Gasteiger charge is -2.41. The summed E-state index contributed by atoms with van der Waals surface area (Å²) in [4.78, 5) is 9.42. The van der Waals surface area contributed by atoms with Crippen molar-refractivity contribution in [2.75, 3.05) is 13.7 Å². The van der Waals surface area contributed by atoms with Gasteiger partial charge in [0.05, 0.1) is 6.61 Å². The van der Waals surface area contributed by atoms with E-state index in [0.717, 1.165) is 17.0 Å². The highest BCUT2D eigenvalue weighted by molar-refractivity contribution is 7.99. The van der Waals surface area contributed by atoms with Crippen molar-refractivity contribution in [2.24, 2.45) is 15.9 Å². The molecule has 6 atom stereocenters. The second kappa shape index (κ2) is 11.0. The van der Waals surface area contributed by atoms with E-state index in [-0.39, 0.29) is 17.9 Å². The van der Waals surface area contributed by atoms with Gasteiger partial charge in [-0.15, -0.1) is 6.42 Å². The fraction of sp³-hybridized carbons (Fsp3) is 0.348. The normalized spacial score (nSPS) is 28.7. The maximum Gasteiger partial charge on any atom is 0.145 e. The van der Waals surface area contributed by atoms with E-state index in [4.69, 9.17) is 38.1 Å². The first kappa shape index (κ1) is 25.5. The number of aliphatic hydroxyl groups is 1. The van der Waals surface area contributed by atoms with E-state index in [1.54, 1.807) is 18.5 Å². The van der Waals surface area contributed by atoms with Gasteiger partial charge in [-0.05, 0) is 18.2 Å². The average Bonchev–Trinajstić information content (AvgIpc) is 3.22. The van der Waals surface area contributed by atoms with Crippen LogP contribution in [0.1, 0.15) is 11.1 Å². The van der Waals surface area contributed by atoms with Crippen molar-refractivity contribution >= 4 is 35.3 Å². The summed E-state index contributed by atoms with van der Waals surface area (Å²) in [5.41, 5.74) is 0.0377. The van der Waals surface area contributed by atoms with Gasteiger partial charge >= 0.3 is 0 Å². The van der Waals surface area contributed by atoms with Gasteiger partial charge in [0, 0.05) is 41.7 Å². The molecule has 0 aliphatic carbocycles. The Morgan fingerprint density at radius 2 is 2.09 bits per heavy atom. The second-order valence-electron chi connectivity index (χ2n) is 7.74. The molecule has 4 rings (SSSR count). The molecule has 35 heavy (non-hydrogen) atoms. The summed E-state index contributed by atoms with van der Waals surface area (Å²) in [7, 11) is 1.49. The van der Waals surface area contributed by atoms with Crippen LogP contribution in [0.5, 0.6) is 0 Å². The summed E-state index contributed by atoms with van der Waals surface area (Å²) >= 11 is 6.88. The number of nitrogens with zero attached hydrogens (tertiary/aromatic N) is 3. The summed E-state index contributed by atoms with van der Waals surface area (Å²) < 4.78 is 45.5. The van der Waals surface area contributed by atoms with E-state index >= 15 is 0 Å². The Morgan fingerprint density at radius 1 is 1.34 bits per heavy atom. The van der Waals surface area contributed by atoms with Crippen LogP contribution in [0.15, 0.2) is 45.6 Å². The van der Waals surface area contributed by atoms with Crippen LogP contribution in [0.2, 0.25) is 5.02 Å². The zero-order chi connectivity index (χ0) is 25.1. The number of nitrogens with two attached hydrogens (primary N) is 1. The highest BCUT2D eigenvalue weighted by Crippen LogP contribution is 2.39. The smallest absolute Gasteiger partial charge is 0.145 e. The number of aromatic nitrogens is 1. The topological polar surface area (TPSA) is 112 Å². The first-order chi connectivity index (χ1) is 16.9. The number of terminal acetylenes is 1. The number of thioether (sulfide) groups is 1. The largest absolute Gasteiger partial charge is 0.388 e. The number of rotatable bonds is 6. The Kier molecular flexibility index (Phi) is 8.01. The molecule has 2 saturated heterocycles. The fourth-order valence-corrected chi connectivity index (χ4v) is 5.20. The van der Waals surface area contributed by atoms with Gasteiger partial charge in [-0.3, -0.25) is 9.98 Å². The van der Waals surface area contributed by atoms with Crippen LogP contribution in [-0.4, -0.2) is 71.6 Å². The van der Waals surface area contributed by atoms with E-state index in [1.807, 2.05) is 0 Å². The molecule has 3 N–H and O–H groups in total. The highest BCUT2D eigenvalue weighted by atomic mass is 35.5. The summed E-state index contributed by atoms with van der Waals surface area (Å²) in [6.45, 7) is 0.0503. The van der Waals surface area contributed by atoms with E-state index in [1.165, 1.54) is 25.1 Å². The van der Waals surface area contributed by atoms with Crippen molar-refractivity contribution in [2.45, 2.75) is 40.8 Å². The molecular formula is C23H21ClF2N4O4S. The van der Waals surface area contributed by atoms with Crippen LogP contribution in [0.25, 0.3) is 0 Å². The number of hydrazone groups is 1. The molecule has 2 fully saturated rings. The third-order valence-corrected chi connectivity index (χ3v) is 7.06. The predicted octanol–water partition coefficient (Wildman–Crippen LogP) is 2.39. The molecule has 2 aliphatic rings. The van der Waals surface area contributed by atoms with Crippen LogP contribution in [0, 0.1) is 24.0 Å². The molecule has 8 nitrogen and oxygen atoms in total. The standard InChI is InChI=1S/C23H21ClF2N4O4S/c1-3-11-4-13(8-28-7-11)35-23-22(32-2)19(21-20(34-23)17(31)10-33-21)29-9-16(30-27)12-5-14(25)18(24)15(26)6-12/h1,4-9,17,19-23,31H,10,27H2,2H3/b29-9?,30-16+/t17?,19?,20?,21-,22?,23-/m1/s1. The SMILES string of the molecule is C#Cc1cncc(S[C@H]2OC3C(O)CO[C@@H]3C(N=C/C(=N\N)c3cc(F)c(Cl)c(F)c3)C2OC)c1. The Labute approximate surface area is 209 Å². The molecule has 3 heterocycles. The number of hydrogen-bond acceptors (Lipinski definition) is 9. The van der Waals surface area contributed by atoms with Crippen molar-refractivity contribution in [3.8, 4) is 12.3 Å². The molecule has 184 valence electrons. The van der Waals surface area contributed by atoms with Gasteiger partial charge in [0.2, 0.25) is 0 Å². The number of aliphatic imine (C=N–C) groups is 1. The van der Waals surface area contributed by atoms with Crippen molar-refractivity contribution < 1.29 is 28.1 Å². The number of ether oxygens (including phenoxy) is 3. The van der Waals surface area contributed by atoms with E-state index in [0.29, 0.717) is 5.56 Å². The second-order valence-corrected chi connectivity index (χ2v) is 9.29. The van der Waals surface area contributed by atoms with Crippen molar-refractivity contribution in [3.63, 3.8) is 0 Å². The third kappa shape index (κ3) is 5.33. The quantitative estimate of drug-likeness (QED) is 0.197. The minimum Gasteiger partial charge on any atom is -0.388 e. The molecule has 0 amide bonds. The number of halogens is 3. The van der Waals surface area contributed by atoms with Crippen LogP contribution >= 0.6 is 23.4 Å². The molecular weight excluding hydrogens is 502 g/mol. The van der Waals surface area contributed by atoms with Crippen LogP contribution in [-0.2, 0) is 14.2 Å². The number of pyridine rings is 1. The van der Waals surface area contributed by atoms with Gasteiger partial charge in [-0.25, -0.2) is 8.78 Å². The molecule has 0 radical (unpaired) electrons. The van der Waals surface area contributed by atoms with Gasteiger partial charge in [0.1, 0.15) is 58.3 Å². The lowest BCUT2D eigenvalue weighted by atomic mass is 9.96. The van der Waals surface area contributed by atoms with E-state index in [9.17, 15) is 13.9 Å². The van der Waals surface area contributed by atoms with Crippen LogP contribution in [0.4, 0.5) is 8.78 Å². The maximum atomic E-state index is 14.0. The molecule has 0 saturated carbocycles. The van der Waals surface area contributed by atoms with Crippen molar-refractivity contribution in [1.29, 1.82) is 0 Å². The number of methoxy groups -OCH3 is 1. The zero-order valence-electron chi connectivity index (χ0n) is 18.3. The lowest BCUT2D eigenvalue weighted by Crippen LogP contribution is -2.57. The third-order valence-electron chi connectivity index (χ3n) is 5.59. The maximum absolute atomic E-state index is 14.0. The Bertz CT molecular complexity index is 1170. The average molecular weight is 523 g/mol. The summed E-state index contributed by atoms with van der Waals surface area (Å²) in [6, 6.07) is 3.12. The van der Waals surface area contributed by atoms with Gasteiger partial charge in [-0.2, -0.15) is 5.10 Å². The Hall–Kier alpha value is -2.59. The number of benzene rings is 1. The minimum absolute atomic E-state index is 0.00558. The molecule has 12 heteroatoms. The van der Waals surface area contributed by atoms with Gasteiger partial charge in [-0.1, -0.05) is 29.3 Å². The molecule has 1 aromatic heterocycles. The highest BCUT2D eigenvalue weighted by Gasteiger charge is 2.53. The molecule has 2 aromatic rings. The van der Waals surface area contributed by atoms with E-state index in [2.05, 4.69) is 21.0 Å². The molecule has 0 spiro atoms. The monoisotopic (exact) mass is 522 g/mol. The van der Waals surface area contributed by atoms with Gasteiger partial charge < -0.3 is 25.2 Å².